The maximum absolute atomic E-state index is 12.2. The molecule has 0 spiro atoms. The van der Waals surface area contributed by atoms with Gasteiger partial charge in [0.25, 0.3) is 5.91 Å². The molecule has 0 radical (unpaired) electrons. The Morgan fingerprint density at radius 3 is 2.50 bits per heavy atom. The number of nitrogens with one attached hydrogen (secondary N) is 1. The number of para-hydroxylation sites is 1. The van der Waals surface area contributed by atoms with Crippen LogP contribution < -0.4 is 10.1 Å². The maximum atomic E-state index is 12.2. The first-order chi connectivity index (χ1) is 11.6. The van der Waals surface area contributed by atoms with E-state index in [0.717, 1.165) is 5.56 Å². The minimum atomic E-state index is -0.520. The highest BCUT2D eigenvalue weighted by Gasteiger charge is 2.17. The van der Waals surface area contributed by atoms with E-state index in [2.05, 4.69) is 10.2 Å². The Balaban J connectivity index is 2.11. The summed E-state index contributed by atoms with van der Waals surface area (Å²) >= 11 is 0. The molecule has 2 rings (SSSR count). The molecule has 0 aliphatic heterocycles. The predicted octanol–water partition coefficient (Wildman–Crippen LogP) is 2.11. The number of benzene rings is 2. The standard InChI is InChI=1S/C17H19NO6/c1-22-14-6-4-3-5-11(14)9-18-17(21)13-8-7-12(10-24-23-2)15(19)16(13)20/h3-8,19-20H,9-10H2,1-2H3,(H,18,21). The van der Waals surface area contributed by atoms with Crippen molar-refractivity contribution in [3.63, 3.8) is 0 Å². The van der Waals surface area contributed by atoms with Crippen molar-refractivity contribution in [1.82, 2.24) is 5.32 Å². The molecule has 0 aromatic heterocycles. The summed E-state index contributed by atoms with van der Waals surface area (Å²) in [7, 11) is 2.88. The molecule has 0 saturated carbocycles. The summed E-state index contributed by atoms with van der Waals surface area (Å²) in [6.07, 6.45) is 0. The van der Waals surface area contributed by atoms with Crippen LogP contribution in [0.1, 0.15) is 21.5 Å². The number of phenolic OH excluding ortho intramolecular Hbond substituents is 2. The predicted molar refractivity (Wildman–Crippen MR) is 85.7 cm³/mol. The van der Waals surface area contributed by atoms with E-state index in [1.807, 2.05) is 18.2 Å². The molecule has 2 aromatic rings. The van der Waals surface area contributed by atoms with Crippen molar-refractivity contribution in [2.45, 2.75) is 13.2 Å². The van der Waals surface area contributed by atoms with Gasteiger partial charge in [0.15, 0.2) is 11.5 Å². The minimum absolute atomic E-state index is 0.0384. The largest absolute Gasteiger partial charge is 0.504 e. The quantitative estimate of drug-likeness (QED) is 0.408. The molecule has 0 aliphatic carbocycles. The van der Waals surface area contributed by atoms with Crippen molar-refractivity contribution in [3.8, 4) is 17.2 Å². The van der Waals surface area contributed by atoms with Gasteiger partial charge < -0.3 is 20.3 Å². The number of ether oxygens (including phenoxy) is 1. The summed E-state index contributed by atoms with van der Waals surface area (Å²) in [6, 6.07) is 10.1. The minimum Gasteiger partial charge on any atom is -0.504 e. The van der Waals surface area contributed by atoms with Gasteiger partial charge in [-0.15, -0.1) is 0 Å². The number of phenols is 2. The van der Waals surface area contributed by atoms with Crippen LogP contribution in [0.5, 0.6) is 17.2 Å². The Morgan fingerprint density at radius 1 is 1.04 bits per heavy atom. The summed E-state index contributed by atoms with van der Waals surface area (Å²) in [6.45, 7) is 0.163. The van der Waals surface area contributed by atoms with Gasteiger partial charge in [-0.05, 0) is 12.1 Å². The SMILES string of the molecule is COOCc1ccc(C(=O)NCc2ccccc2OC)c(O)c1O. The summed E-state index contributed by atoms with van der Waals surface area (Å²) in [5, 5.41) is 22.6. The van der Waals surface area contributed by atoms with Gasteiger partial charge in [0.1, 0.15) is 12.4 Å². The van der Waals surface area contributed by atoms with E-state index in [0.29, 0.717) is 11.3 Å². The monoisotopic (exact) mass is 333 g/mol. The second-order valence-electron chi connectivity index (χ2n) is 4.89. The van der Waals surface area contributed by atoms with Crippen molar-refractivity contribution in [2.75, 3.05) is 14.2 Å². The van der Waals surface area contributed by atoms with Gasteiger partial charge in [-0.25, -0.2) is 9.78 Å². The fourth-order valence-corrected chi connectivity index (χ4v) is 2.16. The number of amides is 1. The topological polar surface area (TPSA) is 97.3 Å². The molecule has 24 heavy (non-hydrogen) atoms. The molecule has 128 valence electrons. The fraction of sp³-hybridized carbons (Fsp3) is 0.235. The van der Waals surface area contributed by atoms with Crippen molar-refractivity contribution >= 4 is 5.91 Å². The average molecular weight is 333 g/mol. The normalized spacial score (nSPS) is 10.4. The van der Waals surface area contributed by atoms with Crippen LogP contribution in [0.3, 0.4) is 0 Å². The average Bonchev–Trinajstić information content (AvgIpc) is 2.61. The van der Waals surface area contributed by atoms with Gasteiger partial charge in [0, 0.05) is 17.7 Å². The lowest BCUT2D eigenvalue weighted by Gasteiger charge is -2.12. The highest BCUT2D eigenvalue weighted by molar-refractivity contribution is 5.97. The van der Waals surface area contributed by atoms with Gasteiger partial charge in [0.05, 0.1) is 19.8 Å². The maximum Gasteiger partial charge on any atom is 0.255 e. The van der Waals surface area contributed by atoms with Crippen molar-refractivity contribution in [1.29, 1.82) is 0 Å². The van der Waals surface area contributed by atoms with E-state index in [9.17, 15) is 15.0 Å². The van der Waals surface area contributed by atoms with Crippen LogP contribution >= 0.6 is 0 Å². The fourth-order valence-electron chi connectivity index (χ4n) is 2.16. The van der Waals surface area contributed by atoms with E-state index in [1.54, 1.807) is 13.2 Å². The number of aromatic hydroxyl groups is 2. The molecule has 0 aliphatic rings. The van der Waals surface area contributed by atoms with Crippen LogP contribution in [0.2, 0.25) is 0 Å². The zero-order valence-corrected chi connectivity index (χ0v) is 13.4. The first kappa shape index (κ1) is 17.6. The number of rotatable bonds is 7. The third-order valence-electron chi connectivity index (χ3n) is 3.44. The van der Waals surface area contributed by atoms with E-state index in [1.165, 1.54) is 19.2 Å². The van der Waals surface area contributed by atoms with Gasteiger partial charge in [-0.1, -0.05) is 24.3 Å². The molecular formula is C17H19NO6. The first-order valence-electron chi connectivity index (χ1n) is 7.18. The van der Waals surface area contributed by atoms with E-state index >= 15 is 0 Å². The molecule has 0 saturated heterocycles. The molecule has 3 N–H and O–H groups in total. The zero-order valence-electron chi connectivity index (χ0n) is 13.4. The third-order valence-corrected chi connectivity index (χ3v) is 3.44. The van der Waals surface area contributed by atoms with E-state index < -0.39 is 17.4 Å². The molecule has 7 heteroatoms. The Bertz CT molecular complexity index is 716. The molecular weight excluding hydrogens is 314 g/mol. The number of methoxy groups -OCH3 is 1. The van der Waals surface area contributed by atoms with Crippen LogP contribution in [0.4, 0.5) is 0 Å². The van der Waals surface area contributed by atoms with Crippen molar-refractivity contribution in [2.24, 2.45) is 0 Å². The lowest BCUT2D eigenvalue weighted by Crippen LogP contribution is -2.23. The molecule has 7 nitrogen and oxygen atoms in total. The molecule has 0 bridgehead atoms. The summed E-state index contributed by atoms with van der Waals surface area (Å²) in [5.74, 6) is -0.799. The Kier molecular flexibility index (Phi) is 6.00. The molecule has 1 amide bonds. The Morgan fingerprint density at radius 2 is 1.79 bits per heavy atom. The molecule has 2 aromatic carbocycles. The number of carbonyl (C=O) groups excluding carboxylic acids is 1. The Labute approximate surface area is 139 Å². The summed E-state index contributed by atoms with van der Waals surface area (Å²) in [4.78, 5) is 21.4. The molecule has 0 heterocycles. The van der Waals surface area contributed by atoms with E-state index in [4.69, 9.17) is 9.62 Å². The molecule has 0 fully saturated rings. The first-order valence-corrected chi connectivity index (χ1v) is 7.18. The Hall–Kier alpha value is -2.77. The smallest absolute Gasteiger partial charge is 0.255 e. The van der Waals surface area contributed by atoms with Gasteiger partial charge in [0.2, 0.25) is 0 Å². The van der Waals surface area contributed by atoms with E-state index in [-0.39, 0.29) is 18.7 Å². The number of hydrogen-bond donors (Lipinski definition) is 3. The van der Waals surface area contributed by atoms with Gasteiger partial charge >= 0.3 is 0 Å². The van der Waals surface area contributed by atoms with Crippen LogP contribution in [-0.4, -0.2) is 30.3 Å². The lowest BCUT2D eigenvalue weighted by molar-refractivity contribution is -0.282. The highest BCUT2D eigenvalue weighted by atomic mass is 17.2. The number of hydrogen-bond acceptors (Lipinski definition) is 6. The third kappa shape index (κ3) is 3.95. The highest BCUT2D eigenvalue weighted by Crippen LogP contribution is 2.33. The van der Waals surface area contributed by atoms with Crippen molar-refractivity contribution < 1.29 is 29.5 Å². The molecule has 0 atom stereocenters. The second kappa shape index (κ2) is 8.19. The van der Waals surface area contributed by atoms with Crippen LogP contribution in [0, 0.1) is 0 Å². The summed E-state index contributed by atoms with van der Waals surface area (Å²) in [5.41, 5.74) is 1.06. The van der Waals surface area contributed by atoms with Crippen molar-refractivity contribution in [3.05, 3.63) is 53.1 Å². The lowest BCUT2D eigenvalue weighted by atomic mass is 10.1. The number of carbonyl (C=O) groups is 1. The van der Waals surface area contributed by atoms with Crippen LogP contribution in [-0.2, 0) is 22.9 Å². The van der Waals surface area contributed by atoms with Gasteiger partial charge in [-0.3, -0.25) is 4.79 Å². The summed E-state index contributed by atoms with van der Waals surface area (Å²) < 4.78 is 5.21. The molecule has 0 unspecified atom stereocenters. The second-order valence-corrected chi connectivity index (χ2v) is 4.89. The zero-order chi connectivity index (χ0) is 17.5. The van der Waals surface area contributed by atoms with Crippen LogP contribution in [0.15, 0.2) is 36.4 Å². The van der Waals surface area contributed by atoms with Crippen LogP contribution in [0.25, 0.3) is 0 Å². The van der Waals surface area contributed by atoms with Gasteiger partial charge in [-0.2, -0.15) is 0 Å².